The summed E-state index contributed by atoms with van der Waals surface area (Å²) in [5.41, 5.74) is -2.94. The third-order valence-electron chi connectivity index (χ3n) is 4.63. The molecule has 1 fully saturated rings. The number of halogens is 4. The summed E-state index contributed by atoms with van der Waals surface area (Å²) < 4.78 is 54.2. The van der Waals surface area contributed by atoms with Gasteiger partial charge in [-0.05, 0) is 20.3 Å². The van der Waals surface area contributed by atoms with E-state index in [0.29, 0.717) is 0 Å². The van der Waals surface area contributed by atoms with E-state index in [0.717, 1.165) is 0 Å². The first-order chi connectivity index (χ1) is 12.8. The lowest BCUT2D eigenvalue weighted by Gasteiger charge is -2.41. The van der Waals surface area contributed by atoms with Crippen molar-refractivity contribution in [2.45, 2.75) is 32.2 Å². The fourth-order valence-electron chi connectivity index (χ4n) is 3.20. The van der Waals surface area contributed by atoms with Gasteiger partial charge in [0.15, 0.2) is 11.6 Å². The normalized spacial score (nSPS) is 17.2. The van der Waals surface area contributed by atoms with Gasteiger partial charge in [-0.15, -0.1) is 0 Å². The van der Waals surface area contributed by atoms with Gasteiger partial charge in [-0.2, -0.15) is 5.26 Å². The lowest BCUT2D eigenvalue weighted by atomic mass is 9.82. The van der Waals surface area contributed by atoms with Crippen molar-refractivity contribution in [2.24, 2.45) is 0 Å². The minimum atomic E-state index is -1.90. The van der Waals surface area contributed by atoms with Gasteiger partial charge < -0.3 is 9.47 Å². The highest BCUT2D eigenvalue weighted by atomic mass is 35.5. The van der Waals surface area contributed by atoms with Gasteiger partial charge in [0.25, 0.3) is 0 Å². The van der Waals surface area contributed by atoms with Crippen LogP contribution >= 0.6 is 11.6 Å². The van der Waals surface area contributed by atoms with Crippen LogP contribution in [-0.4, -0.2) is 43.8 Å². The van der Waals surface area contributed by atoms with Crippen molar-refractivity contribution in [3.05, 3.63) is 33.6 Å². The van der Waals surface area contributed by atoms with E-state index >= 15 is 0 Å². The second-order valence-corrected chi connectivity index (χ2v) is 6.51. The fraction of sp³-hybridized carbons (Fsp3) is 0.556. The molecule has 1 aromatic rings. The number of hydrogen-bond donors (Lipinski definition) is 0. The van der Waals surface area contributed by atoms with Crippen molar-refractivity contribution >= 4 is 17.6 Å². The zero-order valence-corrected chi connectivity index (χ0v) is 15.8. The van der Waals surface area contributed by atoms with Gasteiger partial charge in [-0.25, -0.2) is 13.2 Å². The third-order valence-corrected chi connectivity index (χ3v) is 5.08. The number of esters is 1. The van der Waals surface area contributed by atoms with E-state index in [1.807, 2.05) is 6.07 Å². The lowest BCUT2D eigenvalue weighted by molar-refractivity contribution is -0.144. The molecule has 0 amide bonds. The first-order valence-electron chi connectivity index (χ1n) is 8.52. The smallest absolute Gasteiger partial charge is 0.305 e. The van der Waals surface area contributed by atoms with E-state index in [1.165, 1.54) is 11.8 Å². The van der Waals surface area contributed by atoms with Crippen LogP contribution < -0.4 is 0 Å². The first-order valence-corrected chi connectivity index (χ1v) is 8.90. The summed E-state index contributed by atoms with van der Waals surface area (Å²) in [5, 5.41) is 9.28. The Bertz CT molecular complexity index is 734. The van der Waals surface area contributed by atoms with Crippen molar-refractivity contribution in [3.63, 3.8) is 0 Å². The van der Waals surface area contributed by atoms with Gasteiger partial charge >= 0.3 is 5.97 Å². The average molecular weight is 405 g/mol. The molecule has 0 N–H and O–H groups in total. The number of morpholine rings is 1. The van der Waals surface area contributed by atoms with Crippen molar-refractivity contribution < 1.29 is 27.4 Å². The summed E-state index contributed by atoms with van der Waals surface area (Å²) in [6.07, 6.45) is -0.530. The van der Waals surface area contributed by atoms with Crippen LogP contribution in [-0.2, 0) is 19.8 Å². The molecule has 1 saturated heterocycles. The standard InChI is InChI=1S/C18H20ClF3N2O3/c1-3-27-12(25)4-5-18(10-23,24-6-8-26-9-7-24)13-15(20)11(2)14(19)17(22)16(13)21/h3-9H2,1-2H3. The summed E-state index contributed by atoms with van der Waals surface area (Å²) in [4.78, 5) is 13.3. The number of benzene rings is 1. The van der Waals surface area contributed by atoms with E-state index in [1.54, 1.807) is 6.92 Å². The Kier molecular flexibility index (Phi) is 7.09. The van der Waals surface area contributed by atoms with E-state index in [2.05, 4.69) is 0 Å². The zero-order chi connectivity index (χ0) is 20.2. The SMILES string of the molecule is CCOC(=O)CCC(C#N)(c1c(F)c(C)c(Cl)c(F)c1F)N1CCOCC1. The molecule has 0 saturated carbocycles. The molecule has 1 aliphatic rings. The largest absolute Gasteiger partial charge is 0.466 e. The fourth-order valence-corrected chi connectivity index (χ4v) is 3.36. The number of carbonyl (C=O) groups excluding carboxylic acids is 1. The summed E-state index contributed by atoms with van der Waals surface area (Å²) in [7, 11) is 0. The summed E-state index contributed by atoms with van der Waals surface area (Å²) in [6.45, 7) is 3.82. The van der Waals surface area contributed by atoms with Crippen LogP contribution in [0.2, 0.25) is 5.02 Å². The van der Waals surface area contributed by atoms with Crippen LogP contribution in [0.15, 0.2) is 0 Å². The molecule has 0 aromatic heterocycles. The van der Waals surface area contributed by atoms with Crippen molar-refractivity contribution in [2.75, 3.05) is 32.9 Å². The molecule has 0 radical (unpaired) electrons. The van der Waals surface area contributed by atoms with E-state index in [9.17, 15) is 23.2 Å². The molecule has 9 heteroatoms. The number of rotatable bonds is 6. The molecule has 2 rings (SSSR count). The monoisotopic (exact) mass is 404 g/mol. The summed E-state index contributed by atoms with van der Waals surface area (Å²) in [6, 6.07) is 1.93. The maximum Gasteiger partial charge on any atom is 0.305 e. The molecule has 1 heterocycles. The van der Waals surface area contributed by atoms with Crippen LogP contribution in [0.3, 0.4) is 0 Å². The van der Waals surface area contributed by atoms with E-state index < -0.39 is 39.5 Å². The van der Waals surface area contributed by atoms with E-state index in [4.69, 9.17) is 21.1 Å². The Hall–Kier alpha value is -1.82. The maximum absolute atomic E-state index is 15.0. The molecular formula is C18H20ClF3N2O3. The van der Waals surface area contributed by atoms with Gasteiger partial charge in [-0.3, -0.25) is 9.69 Å². The van der Waals surface area contributed by atoms with Crippen LogP contribution in [0.5, 0.6) is 0 Å². The van der Waals surface area contributed by atoms with Gasteiger partial charge in [0.1, 0.15) is 11.4 Å². The third kappa shape index (κ3) is 4.05. The number of ether oxygens (including phenoxy) is 2. The molecule has 27 heavy (non-hydrogen) atoms. The zero-order valence-electron chi connectivity index (χ0n) is 15.1. The Labute approximate surface area is 160 Å². The van der Waals surface area contributed by atoms with Gasteiger partial charge in [0, 0.05) is 25.1 Å². The Morgan fingerprint density at radius 3 is 2.48 bits per heavy atom. The summed E-state index contributed by atoms with van der Waals surface area (Å²) in [5.74, 6) is -4.66. The minimum Gasteiger partial charge on any atom is -0.466 e. The van der Waals surface area contributed by atoms with Crippen molar-refractivity contribution in [1.82, 2.24) is 4.90 Å². The highest BCUT2D eigenvalue weighted by Gasteiger charge is 2.46. The molecule has 5 nitrogen and oxygen atoms in total. The highest BCUT2D eigenvalue weighted by Crippen LogP contribution is 2.41. The van der Waals surface area contributed by atoms with E-state index in [-0.39, 0.29) is 51.3 Å². The number of carbonyl (C=O) groups is 1. The van der Waals surface area contributed by atoms with Crippen molar-refractivity contribution in [3.8, 4) is 6.07 Å². The van der Waals surface area contributed by atoms with Gasteiger partial charge in [0.05, 0.1) is 36.5 Å². The number of nitriles is 1. The predicted molar refractivity (Wildman–Crippen MR) is 91.6 cm³/mol. The second kappa shape index (κ2) is 8.91. The van der Waals surface area contributed by atoms with Crippen molar-refractivity contribution in [1.29, 1.82) is 5.26 Å². The quantitative estimate of drug-likeness (QED) is 0.413. The average Bonchev–Trinajstić information content (AvgIpc) is 2.68. The second-order valence-electron chi connectivity index (χ2n) is 6.13. The lowest BCUT2D eigenvalue weighted by Crippen LogP contribution is -2.52. The maximum atomic E-state index is 15.0. The highest BCUT2D eigenvalue weighted by molar-refractivity contribution is 6.31. The Morgan fingerprint density at radius 2 is 1.93 bits per heavy atom. The summed E-state index contributed by atoms with van der Waals surface area (Å²) >= 11 is 5.66. The van der Waals surface area contributed by atoms with Crippen LogP contribution in [0.1, 0.15) is 30.9 Å². The number of nitrogens with zero attached hydrogens (tertiary/aromatic N) is 2. The molecule has 1 atom stereocenters. The molecule has 1 unspecified atom stereocenters. The molecule has 148 valence electrons. The molecule has 1 aliphatic heterocycles. The molecule has 0 bridgehead atoms. The van der Waals surface area contributed by atoms with Gasteiger partial charge in [-0.1, -0.05) is 11.6 Å². The first kappa shape index (κ1) is 21.5. The topological polar surface area (TPSA) is 62.6 Å². The van der Waals surface area contributed by atoms with Crippen LogP contribution in [0.4, 0.5) is 13.2 Å². The Balaban J connectivity index is 2.62. The molecule has 0 aliphatic carbocycles. The van der Waals surface area contributed by atoms with Gasteiger partial charge in [0.2, 0.25) is 0 Å². The minimum absolute atomic E-state index is 0.132. The predicted octanol–water partition coefficient (Wildman–Crippen LogP) is 3.46. The van der Waals surface area contributed by atoms with Crippen LogP contribution in [0, 0.1) is 35.7 Å². The molecule has 1 aromatic carbocycles. The Morgan fingerprint density at radius 1 is 1.30 bits per heavy atom. The number of hydrogen-bond acceptors (Lipinski definition) is 5. The molecular weight excluding hydrogens is 385 g/mol. The van der Waals surface area contributed by atoms with Crippen LogP contribution in [0.25, 0.3) is 0 Å². The molecule has 0 spiro atoms.